The Balaban J connectivity index is 1.38. The zero-order valence-corrected chi connectivity index (χ0v) is 19.7. The minimum atomic E-state index is -0.211. The van der Waals surface area contributed by atoms with Gasteiger partial charge in [-0.05, 0) is 62.2 Å². The second-order valence-electron chi connectivity index (χ2n) is 11.4. The van der Waals surface area contributed by atoms with Crippen molar-refractivity contribution in [2.75, 3.05) is 38.1 Å². The van der Waals surface area contributed by atoms with E-state index in [4.69, 9.17) is 0 Å². The molecule has 4 heterocycles. The number of piperidine rings is 3. The Morgan fingerprint density at radius 1 is 1.10 bits per heavy atom. The molecule has 170 valence electrons. The summed E-state index contributed by atoms with van der Waals surface area (Å²) in [6.07, 6.45) is 7.57. The number of aliphatic hydroxyl groups excluding tert-OH is 1. The van der Waals surface area contributed by atoms with E-state index in [9.17, 15) is 5.11 Å². The fourth-order valence-corrected chi connectivity index (χ4v) is 8.82. The van der Waals surface area contributed by atoms with Crippen LogP contribution in [0, 0.1) is 17.8 Å². The quantitative estimate of drug-likeness (QED) is 0.782. The number of nitrogens with zero attached hydrogens (tertiary/aromatic N) is 3. The molecule has 5 aliphatic rings. The van der Waals surface area contributed by atoms with E-state index in [1.165, 1.54) is 69.5 Å². The van der Waals surface area contributed by atoms with E-state index in [1.807, 2.05) is 0 Å². The molecule has 1 aliphatic carbocycles. The lowest BCUT2D eigenvalue weighted by Crippen LogP contribution is -2.66. The number of fused-ring (bicyclic) bond motifs is 3. The van der Waals surface area contributed by atoms with Gasteiger partial charge in [-0.2, -0.15) is 0 Å². The molecule has 0 aromatic heterocycles. The van der Waals surface area contributed by atoms with Crippen molar-refractivity contribution in [3.8, 4) is 0 Å². The van der Waals surface area contributed by atoms with E-state index in [0.717, 1.165) is 6.42 Å². The molecule has 0 amide bonds. The number of para-hydroxylation sites is 1. The highest BCUT2D eigenvalue weighted by Crippen LogP contribution is 2.66. The van der Waals surface area contributed by atoms with E-state index in [1.54, 1.807) is 0 Å². The number of hydrogen-bond acceptors (Lipinski definition) is 4. The lowest BCUT2D eigenvalue weighted by atomic mass is 9.67. The second kappa shape index (κ2) is 7.46. The average molecular weight is 424 g/mol. The van der Waals surface area contributed by atoms with Crippen LogP contribution in [0.15, 0.2) is 24.3 Å². The molecule has 31 heavy (non-hydrogen) atoms. The fraction of sp³-hybridized carbons (Fsp3) is 0.778. The van der Waals surface area contributed by atoms with Crippen LogP contribution in [0.4, 0.5) is 5.69 Å². The first-order chi connectivity index (χ1) is 15.1. The molecule has 1 N–H and O–H groups in total. The fourth-order valence-electron chi connectivity index (χ4n) is 8.82. The van der Waals surface area contributed by atoms with Gasteiger partial charge in [-0.3, -0.25) is 4.90 Å². The minimum Gasteiger partial charge on any atom is -0.392 e. The predicted molar refractivity (Wildman–Crippen MR) is 127 cm³/mol. The van der Waals surface area contributed by atoms with Crippen LogP contribution in [0.25, 0.3) is 0 Å². The van der Waals surface area contributed by atoms with Crippen molar-refractivity contribution in [1.82, 2.24) is 9.80 Å². The third kappa shape index (κ3) is 2.71. The molecule has 4 fully saturated rings. The van der Waals surface area contributed by atoms with Gasteiger partial charge in [0.1, 0.15) is 0 Å². The lowest BCUT2D eigenvalue weighted by Gasteiger charge is -2.55. The number of likely N-dealkylation sites (tertiary alicyclic amines) is 1. The molecule has 3 bridgehead atoms. The van der Waals surface area contributed by atoms with Crippen LogP contribution in [0.2, 0.25) is 0 Å². The number of benzene rings is 1. The van der Waals surface area contributed by atoms with Gasteiger partial charge in [0, 0.05) is 49.2 Å². The maximum atomic E-state index is 12.1. The van der Waals surface area contributed by atoms with Crippen LogP contribution in [-0.4, -0.2) is 72.4 Å². The molecule has 8 atom stereocenters. The predicted octanol–water partition coefficient (Wildman–Crippen LogP) is 3.73. The molecule has 0 radical (unpaired) electrons. The SMILES string of the molecule is CC[C@H](C)[C@@H]1C[C@H]2[C@@H]3N(C)c4ccccc4[C@]34C[C@@H](C1[C@H]4O)N2CCN1CCCCC1. The molecule has 1 aromatic rings. The van der Waals surface area contributed by atoms with Gasteiger partial charge in [-0.1, -0.05) is 44.9 Å². The topological polar surface area (TPSA) is 30.0 Å². The molecular formula is C27H41N3O. The summed E-state index contributed by atoms with van der Waals surface area (Å²) in [4.78, 5) is 8.15. The van der Waals surface area contributed by atoms with E-state index in [-0.39, 0.29) is 11.5 Å². The molecule has 1 aromatic carbocycles. The third-order valence-electron chi connectivity index (χ3n) is 10.3. The van der Waals surface area contributed by atoms with Crippen molar-refractivity contribution >= 4 is 5.69 Å². The van der Waals surface area contributed by atoms with Gasteiger partial charge < -0.3 is 14.9 Å². The molecule has 1 spiro atoms. The molecule has 1 unspecified atom stereocenters. The molecule has 6 rings (SSSR count). The summed E-state index contributed by atoms with van der Waals surface area (Å²) in [5.41, 5.74) is 2.75. The first-order valence-corrected chi connectivity index (χ1v) is 13.1. The zero-order valence-electron chi connectivity index (χ0n) is 19.7. The maximum Gasteiger partial charge on any atom is 0.0704 e. The normalized spacial score (nSPS) is 42.6. The van der Waals surface area contributed by atoms with Crippen molar-refractivity contribution in [2.45, 2.75) is 82.0 Å². The second-order valence-corrected chi connectivity index (χ2v) is 11.4. The summed E-state index contributed by atoms with van der Waals surface area (Å²) in [5, 5.41) is 12.1. The van der Waals surface area contributed by atoms with E-state index in [2.05, 4.69) is 59.9 Å². The summed E-state index contributed by atoms with van der Waals surface area (Å²) >= 11 is 0. The largest absolute Gasteiger partial charge is 0.392 e. The standard InChI is InChI=1S/C27H41N3O/c1-4-18(2)19-16-22-25-27(20-10-6-7-11-21(20)28(25)3)17-23(24(19)26(27)31)30(22)15-14-29-12-8-5-9-13-29/h6-7,10-11,18-19,22-26,31H,4-5,8-9,12-17H2,1-3H3/t18-,19-,22-,23-,24?,25-,26+,27+/m0/s1. The molecule has 1 saturated carbocycles. The van der Waals surface area contributed by atoms with Gasteiger partial charge in [0.15, 0.2) is 0 Å². The van der Waals surface area contributed by atoms with Gasteiger partial charge in [0.2, 0.25) is 0 Å². The molecule has 3 saturated heterocycles. The summed E-state index contributed by atoms with van der Waals surface area (Å²) < 4.78 is 0. The van der Waals surface area contributed by atoms with Crippen LogP contribution in [-0.2, 0) is 5.41 Å². The summed E-state index contributed by atoms with van der Waals surface area (Å²) in [5.74, 6) is 1.78. The molecular weight excluding hydrogens is 382 g/mol. The van der Waals surface area contributed by atoms with Crippen molar-refractivity contribution in [1.29, 1.82) is 0 Å². The average Bonchev–Trinajstić information content (AvgIpc) is 3.18. The summed E-state index contributed by atoms with van der Waals surface area (Å²) in [6.45, 7) is 9.74. The van der Waals surface area contributed by atoms with Crippen molar-refractivity contribution in [2.24, 2.45) is 17.8 Å². The number of anilines is 1. The molecule has 4 nitrogen and oxygen atoms in total. The van der Waals surface area contributed by atoms with Gasteiger partial charge >= 0.3 is 0 Å². The number of likely N-dealkylation sites (N-methyl/N-ethyl adjacent to an activating group) is 1. The van der Waals surface area contributed by atoms with Crippen molar-refractivity contribution in [3.63, 3.8) is 0 Å². The Morgan fingerprint density at radius 2 is 1.87 bits per heavy atom. The molecule has 4 aliphatic heterocycles. The highest BCUT2D eigenvalue weighted by molar-refractivity contribution is 5.67. The number of hydrogen-bond donors (Lipinski definition) is 1. The highest BCUT2D eigenvalue weighted by Gasteiger charge is 2.72. The van der Waals surface area contributed by atoms with Crippen molar-refractivity contribution < 1.29 is 5.11 Å². The smallest absolute Gasteiger partial charge is 0.0704 e. The van der Waals surface area contributed by atoms with Gasteiger partial charge in [-0.25, -0.2) is 0 Å². The Kier molecular flexibility index (Phi) is 4.94. The van der Waals surface area contributed by atoms with Gasteiger partial charge in [0.25, 0.3) is 0 Å². The van der Waals surface area contributed by atoms with Crippen LogP contribution < -0.4 is 4.90 Å². The van der Waals surface area contributed by atoms with Gasteiger partial charge in [-0.15, -0.1) is 0 Å². The zero-order chi connectivity index (χ0) is 21.3. The van der Waals surface area contributed by atoms with Crippen LogP contribution >= 0.6 is 0 Å². The Hall–Kier alpha value is -1.10. The first-order valence-electron chi connectivity index (χ1n) is 13.1. The van der Waals surface area contributed by atoms with Crippen molar-refractivity contribution in [3.05, 3.63) is 29.8 Å². The minimum absolute atomic E-state index is 0.0603. The lowest BCUT2D eigenvalue weighted by molar-refractivity contribution is -0.0383. The third-order valence-corrected chi connectivity index (χ3v) is 10.3. The summed E-state index contributed by atoms with van der Waals surface area (Å²) in [6, 6.07) is 10.5. The summed E-state index contributed by atoms with van der Waals surface area (Å²) in [7, 11) is 2.30. The Morgan fingerprint density at radius 3 is 2.65 bits per heavy atom. The van der Waals surface area contributed by atoms with Crippen LogP contribution in [0.5, 0.6) is 0 Å². The number of aliphatic hydroxyl groups is 1. The van der Waals surface area contributed by atoms with E-state index < -0.39 is 0 Å². The maximum absolute atomic E-state index is 12.1. The Labute approximate surface area is 188 Å². The first kappa shape index (κ1) is 20.5. The highest BCUT2D eigenvalue weighted by atomic mass is 16.3. The van der Waals surface area contributed by atoms with Crippen LogP contribution in [0.3, 0.4) is 0 Å². The Bertz CT molecular complexity index is 822. The van der Waals surface area contributed by atoms with E-state index >= 15 is 0 Å². The monoisotopic (exact) mass is 423 g/mol. The van der Waals surface area contributed by atoms with E-state index in [0.29, 0.717) is 35.9 Å². The van der Waals surface area contributed by atoms with Crippen LogP contribution in [0.1, 0.15) is 57.9 Å². The van der Waals surface area contributed by atoms with Gasteiger partial charge in [0.05, 0.1) is 12.1 Å². The molecule has 4 heteroatoms. The number of rotatable bonds is 5.